The van der Waals surface area contributed by atoms with Gasteiger partial charge >= 0.3 is 0 Å². The van der Waals surface area contributed by atoms with Crippen LogP contribution in [0, 0.1) is 17.1 Å². The standard InChI is InChI=1S/C20H17FN6OS/c21-16-5-2-13(19(28)26-14-3-4-14)7-17(16)23-10-15-11-25-20(29-15)27-18-6-1-12(8-22)9-24-18/h1-2,5-7,9,11,14,23H,3-4,10H2,(H,26,28)(H,24,25,27). The molecule has 0 spiro atoms. The van der Waals surface area contributed by atoms with Crippen LogP contribution in [-0.2, 0) is 6.54 Å². The number of amides is 1. The van der Waals surface area contributed by atoms with Crippen molar-refractivity contribution in [1.29, 1.82) is 5.26 Å². The Morgan fingerprint density at radius 1 is 1.24 bits per heavy atom. The van der Waals surface area contributed by atoms with E-state index < -0.39 is 5.82 Å². The predicted molar refractivity (Wildman–Crippen MR) is 109 cm³/mol. The molecule has 2 heterocycles. The molecule has 1 saturated carbocycles. The highest BCUT2D eigenvalue weighted by Crippen LogP contribution is 2.24. The van der Waals surface area contributed by atoms with E-state index in [-0.39, 0.29) is 17.6 Å². The Kier molecular flexibility index (Phi) is 5.35. The largest absolute Gasteiger partial charge is 0.378 e. The van der Waals surface area contributed by atoms with E-state index in [1.54, 1.807) is 18.3 Å². The van der Waals surface area contributed by atoms with Crippen LogP contribution in [0.3, 0.4) is 0 Å². The lowest BCUT2D eigenvalue weighted by Gasteiger charge is -2.09. The molecule has 0 saturated heterocycles. The van der Waals surface area contributed by atoms with Crippen molar-refractivity contribution < 1.29 is 9.18 Å². The van der Waals surface area contributed by atoms with Crippen LogP contribution in [0.1, 0.15) is 33.6 Å². The Bertz CT molecular complexity index is 1070. The number of carbonyl (C=O) groups is 1. The number of benzene rings is 1. The van der Waals surface area contributed by atoms with Crippen molar-refractivity contribution in [2.75, 3.05) is 10.6 Å². The summed E-state index contributed by atoms with van der Waals surface area (Å²) in [5.41, 5.74) is 1.18. The second kappa shape index (κ2) is 8.24. The van der Waals surface area contributed by atoms with Gasteiger partial charge in [-0.2, -0.15) is 5.26 Å². The van der Waals surface area contributed by atoms with Crippen LogP contribution in [0.2, 0.25) is 0 Å². The molecule has 4 rings (SSSR count). The van der Waals surface area contributed by atoms with Crippen LogP contribution in [-0.4, -0.2) is 21.9 Å². The third-order valence-electron chi connectivity index (χ3n) is 4.28. The third-order valence-corrected chi connectivity index (χ3v) is 5.19. The lowest BCUT2D eigenvalue weighted by Crippen LogP contribution is -2.25. The van der Waals surface area contributed by atoms with Gasteiger partial charge in [-0.25, -0.2) is 14.4 Å². The first-order chi connectivity index (χ1) is 14.1. The lowest BCUT2D eigenvalue weighted by atomic mass is 10.1. The Morgan fingerprint density at radius 3 is 2.83 bits per heavy atom. The molecule has 0 bridgehead atoms. The van der Waals surface area contributed by atoms with Crippen LogP contribution in [0.4, 0.5) is 21.0 Å². The van der Waals surface area contributed by atoms with Gasteiger partial charge < -0.3 is 16.0 Å². The number of thiazole rings is 1. The molecule has 0 atom stereocenters. The van der Waals surface area contributed by atoms with E-state index in [1.165, 1.54) is 35.7 Å². The van der Waals surface area contributed by atoms with Gasteiger partial charge in [0.15, 0.2) is 5.13 Å². The molecule has 2 aromatic heterocycles. The quantitative estimate of drug-likeness (QED) is 0.550. The molecule has 3 aromatic rings. The number of nitrogens with zero attached hydrogens (tertiary/aromatic N) is 3. The molecule has 1 fully saturated rings. The van der Waals surface area contributed by atoms with E-state index >= 15 is 0 Å². The van der Waals surface area contributed by atoms with E-state index in [2.05, 4.69) is 25.9 Å². The average molecular weight is 408 g/mol. The van der Waals surface area contributed by atoms with Gasteiger partial charge in [0.2, 0.25) is 0 Å². The summed E-state index contributed by atoms with van der Waals surface area (Å²) in [6.07, 6.45) is 5.16. The van der Waals surface area contributed by atoms with Gasteiger partial charge in [0.1, 0.15) is 17.7 Å². The first kappa shape index (κ1) is 18.8. The highest BCUT2D eigenvalue weighted by Gasteiger charge is 2.24. The molecule has 1 aromatic carbocycles. The highest BCUT2D eigenvalue weighted by atomic mass is 32.1. The number of halogens is 1. The van der Waals surface area contributed by atoms with Crippen molar-refractivity contribution in [2.45, 2.75) is 25.4 Å². The molecule has 0 unspecified atom stereocenters. The molecule has 1 amide bonds. The van der Waals surface area contributed by atoms with E-state index in [9.17, 15) is 9.18 Å². The second-order valence-corrected chi connectivity index (χ2v) is 7.71. The molecular weight excluding hydrogens is 391 g/mol. The second-order valence-electron chi connectivity index (χ2n) is 6.60. The summed E-state index contributed by atoms with van der Waals surface area (Å²) in [6, 6.07) is 9.93. The molecule has 0 radical (unpaired) electrons. The fraction of sp³-hybridized carbons (Fsp3) is 0.200. The van der Waals surface area contributed by atoms with Gasteiger partial charge in [-0.3, -0.25) is 4.79 Å². The maximum absolute atomic E-state index is 14.1. The van der Waals surface area contributed by atoms with Crippen molar-refractivity contribution in [3.05, 3.63) is 64.5 Å². The van der Waals surface area contributed by atoms with E-state index in [0.717, 1.165) is 17.7 Å². The van der Waals surface area contributed by atoms with E-state index in [1.807, 2.05) is 6.07 Å². The molecule has 1 aliphatic rings. The third kappa shape index (κ3) is 4.86. The van der Waals surface area contributed by atoms with Gasteiger partial charge in [-0.05, 0) is 43.2 Å². The fourth-order valence-corrected chi connectivity index (χ4v) is 3.33. The Balaban J connectivity index is 1.37. The maximum atomic E-state index is 14.1. The topological polar surface area (TPSA) is 103 Å². The minimum atomic E-state index is -0.419. The monoisotopic (exact) mass is 408 g/mol. The molecule has 0 aliphatic heterocycles. The normalized spacial score (nSPS) is 12.8. The highest BCUT2D eigenvalue weighted by molar-refractivity contribution is 7.15. The minimum Gasteiger partial charge on any atom is -0.378 e. The van der Waals surface area contributed by atoms with Gasteiger partial charge in [-0.15, -0.1) is 0 Å². The summed E-state index contributed by atoms with van der Waals surface area (Å²) in [4.78, 5) is 21.5. The number of aromatic nitrogens is 2. The van der Waals surface area contributed by atoms with Crippen molar-refractivity contribution in [3.63, 3.8) is 0 Å². The summed E-state index contributed by atoms with van der Waals surface area (Å²) in [5, 5.41) is 18.4. The van der Waals surface area contributed by atoms with Gasteiger partial charge in [-0.1, -0.05) is 11.3 Å². The maximum Gasteiger partial charge on any atom is 0.251 e. The summed E-state index contributed by atoms with van der Waals surface area (Å²) >= 11 is 1.40. The van der Waals surface area contributed by atoms with Gasteiger partial charge in [0, 0.05) is 28.9 Å². The Labute approximate surface area is 170 Å². The Morgan fingerprint density at radius 2 is 2.10 bits per heavy atom. The molecule has 3 N–H and O–H groups in total. The first-order valence-electron chi connectivity index (χ1n) is 9.03. The fourth-order valence-electron chi connectivity index (χ4n) is 2.57. The molecule has 29 heavy (non-hydrogen) atoms. The van der Waals surface area contributed by atoms with Crippen molar-refractivity contribution >= 4 is 33.9 Å². The number of rotatable bonds is 7. The van der Waals surface area contributed by atoms with Crippen LogP contribution in [0.25, 0.3) is 0 Å². The number of nitrogens with one attached hydrogen (secondary N) is 3. The van der Waals surface area contributed by atoms with E-state index in [4.69, 9.17) is 5.26 Å². The molecule has 7 nitrogen and oxygen atoms in total. The van der Waals surface area contributed by atoms with Crippen molar-refractivity contribution in [2.24, 2.45) is 0 Å². The number of carbonyl (C=O) groups excluding carboxylic acids is 1. The lowest BCUT2D eigenvalue weighted by molar-refractivity contribution is 0.0951. The van der Waals surface area contributed by atoms with Gasteiger partial charge in [0.05, 0.1) is 17.8 Å². The first-order valence-corrected chi connectivity index (χ1v) is 9.84. The summed E-state index contributed by atoms with van der Waals surface area (Å²) in [5.74, 6) is -0.0226. The van der Waals surface area contributed by atoms with Crippen LogP contribution < -0.4 is 16.0 Å². The van der Waals surface area contributed by atoms with Crippen LogP contribution in [0.5, 0.6) is 0 Å². The summed E-state index contributed by atoms with van der Waals surface area (Å²) in [7, 11) is 0. The molecule has 1 aliphatic carbocycles. The molecular formula is C20H17FN6OS. The van der Waals surface area contributed by atoms with Gasteiger partial charge in [0.25, 0.3) is 5.91 Å². The smallest absolute Gasteiger partial charge is 0.251 e. The SMILES string of the molecule is N#Cc1ccc(Nc2ncc(CNc3cc(C(=O)NC4CC4)ccc3F)s2)nc1. The number of pyridine rings is 1. The molecule has 9 heteroatoms. The Hall–Kier alpha value is -3.51. The predicted octanol–water partition coefficient (Wildman–Crippen LogP) is 3.80. The van der Waals surface area contributed by atoms with Crippen molar-refractivity contribution in [3.8, 4) is 6.07 Å². The number of anilines is 3. The van der Waals surface area contributed by atoms with Crippen LogP contribution >= 0.6 is 11.3 Å². The zero-order valence-corrected chi connectivity index (χ0v) is 16.1. The summed E-state index contributed by atoms with van der Waals surface area (Å²) in [6.45, 7) is 0.366. The zero-order chi connectivity index (χ0) is 20.2. The number of nitriles is 1. The zero-order valence-electron chi connectivity index (χ0n) is 15.3. The minimum absolute atomic E-state index is 0.185. The average Bonchev–Trinajstić information content (AvgIpc) is 3.44. The van der Waals surface area contributed by atoms with Crippen LogP contribution in [0.15, 0.2) is 42.7 Å². The molecule has 146 valence electrons. The van der Waals surface area contributed by atoms with E-state index in [0.29, 0.717) is 28.6 Å². The number of hydrogen-bond donors (Lipinski definition) is 3. The van der Waals surface area contributed by atoms with Crippen molar-refractivity contribution in [1.82, 2.24) is 15.3 Å². The summed E-state index contributed by atoms with van der Waals surface area (Å²) < 4.78 is 14.1. The number of hydrogen-bond acceptors (Lipinski definition) is 7.